The van der Waals surface area contributed by atoms with Crippen LogP contribution < -0.4 is 9.80 Å². The third-order valence-corrected chi connectivity index (χ3v) is 4.52. The van der Waals surface area contributed by atoms with Crippen LogP contribution in [0.1, 0.15) is 26.2 Å². The number of rotatable bonds is 6. The first-order valence-electron chi connectivity index (χ1n) is 8.15. The number of esters is 1. The van der Waals surface area contributed by atoms with E-state index in [0.29, 0.717) is 13.2 Å². The van der Waals surface area contributed by atoms with Crippen molar-refractivity contribution in [2.75, 3.05) is 37.7 Å². The lowest BCUT2D eigenvalue weighted by molar-refractivity contribution is -0.896. The normalized spacial score (nSPS) is 15.2. The third-order valence-electron chi connectivity index (χ3n) is 3.99. The zero-order valence-electron chi connectivity index (χ0n) is 13.5. The van der Waals surface area contributed by atoms with Gasteiger partial charge in [0.1, 0.15) is 6.54 Å². The molecule has 1 fully saturated rings. The molecule has 2 rings (SSSR count). The number of piperidine rings is 1. The Kier molecular flexibility index (Phi) is 7.05. The molecular formula is C17H24BrN2O3+. The molecule has 1 aliphatic rings. The maximum atomic E-state index is 12.7. The van der Waals surface area contributed by atoms with Gasteiger partial charge in [-0.05, 0) is 50.5 Å². The number of hydrogen-bond acceptors (Lipinski definition) is 3. The molecule has 0 radical (unpaired) electrons. The van der Waals surface area contributed by atoms with Crippen LogP contribution in [0.25, 0.3) is 0 Å². The fraction of sp³-hybridized carbons (Fsp3) is 0.529. The second kappa shape index (κ2) is 9.03. The molecule has 1 aromatic rings. The number of likely N-dealkylation sites (tertiary alicyclic amines) is 1. The molecule has 0 aromatic heterocycles. The predicted octanol–water partition coefficient (Wildman–Crippen LogP) is 1.41. The summed E-state index contributed by atoms with van der Waals surface area (Å²) in [7, 11) is 0. The Morgan fingerprint density at radius 1 is 1.17 bits per heavy atom. The lowest BCUT2D eigenvalue weighted by Gasteiger charge is -2.27. The molecule has 1 heterocycles. The molecule has 126 valence electrons. The van der Waals surface area contributed by atoms with Crippen LogP contribution in [0, 0.1) is 0 Å². The summed E-state index contributed by atoms with van der Waals surface area (Å²) in [5, 5.41) is 0. The van der Waals surface area contributed by atoms with Crippen molar-refractivity contribution in [1.82, 2.24) is 0 Å². The van der Waals surface area contributed by atoms with Gasteiger partial charge in [-0.15, -0.1) is 0 Å². The average molecular weight is 384 g/mol. The Bertz CT molecular complexity index is 527. The average Bonchev–Trinajstić information content (AvgIpc) is 2.55. The maximum absolute atomic E-state index is 12.7. The zero-order valence-corrected chi connectivity index (χ0v) is 15.1. The van der Waals surface area contributed by atoms with E-state index in [9.17, 15) is 9.59 Å². The van der Waals surface area contributed by atoms with Crippen LogP contribution in [-0.2, 0) is 14.3 Å². The van der Waals surface area contributed by atoms with Crippen LogP contribution in [0.5, 0.6) is 0 Å². The number of carbonyl (C=O) groups excluding carboxylic acids is 2. The number of ether oxygens (including phenoxy) is 1. The molecule has 0 spiro atoms. The molecule has 1 amide bonds. The lowest BCUT2D eigenvalue weighted by atomic mass is 10.1. The Morgan fingerprint density at radius 3 is 2.43 bits per heavy atom. The van der Waals surface area contributed by atoms with Crippen molar-refractivity contribution in [2.45, 2.75) is 26.2 Å². The number of hydrogen-bond donors (Lipinski definition) is 1. The van der Waals surface area contributed by atoms with Crippen molar-refractivity contribution in [1.29, 1.82) is 0 Å². The highest BCUT2D eigenvalue weighted by atomic mass is 79.9. The van der Waals surface area contributed by atoms with E-state index in [2.05, 4.69) is 15.9 Å². The Hall–Kier alpha value is -1.40. The zero-order chi connectivity index (χ0) is 16.7. The summed E-state index contributed by atoms with van der Waals surface area (Å²) in [6, 6.07) is 7.42. The second-order valence-corrected chi connectivity index (χ2v) is 6.66. The van der Waals surface area contributed by atoms with Crippen molar-refractivity contribution >= 4 is 33.5 Å². The van der Waals surface area contributed by atoms with Gasteiger partial charge in [-0.3, -0.25) is 14.5 Å². The Labute approximate surface area is 145 Å². The van der Waals surface area contributed by atoms with E-state index in [1.165, 1.54) is 29.1 Å². The standard InChI is InChI=1S/C17H23BrN2O3/c1-2-23-17(22)13-20(15-8-6-14(18)7-9-15)16(21)12-19-10-4-3-5-11-19/h6-9H,2-5,10-13H2,1H3/p+1. The maximum Gasteiger partial charge on any atom is 0.326 e. The summed E-state index contributed by atoms with van der Waals surface area (Å²) in [5.41, 5.74) is 0.725. The molecule has 1 N–H and O–H groups in total. The molecule has 0 aliphatic carbocycles. The number of nitrogens with one attached hydrogen (secondary N) is 1. The first-order valence-corrected chi connectivity index (χ1v) is 8.94. The summed E-state index contributed by atoms with van der Waals surface area (Å²) in [6.07, 6.45) is 3.58. The third kappa shape index (κ3) is 5.62. The van der Waals surface area contributed by atoms with Gasteiger partial charge in [0, 0.05) is 10.2 Å². The largest absolute Gasteiger partial charge is 0.465 e. The molecule has 6 heteroatoms. The highest BCUT2D eigenvalue weighted by Gasteiger charge is 2.25. The minimum absolute atomic E-state index is 0.0303. The molecule has 0 unspecified atom stereocenters. The molecule has 5 nitrogen and oxygen atoms in total. The molecule has 0 saturated carbocycles. The highest BCUT2D eigenvalue weighted by Crippen LogP contribution is 2.18. The van der Waals surface area contributed by atoms with Gasteiger partial charge < -0.3 is 9.64 Å². The molecular weight excluding hydrogens is 360 g/mol. The van der Waals surface area contributed by atoms with Crippen molar-refractivity contribution in [3.05, 3.63) is 28.7 Å². The van der Waals surface area contributed by atoms with Crippen LogP contribution in [0.4, 0.5) is 5.69 Å². The Balaban J connectivity index is 2.09. The van der Waals surface area contributed by atoms with Crippen molar-refractivity contribution < 1.29 is 19.2 Å². The van der Waals surface area contributed by atoms with Crippen LogP contribution in [0.3, 0.4) is 0 Å². The van der Waals surface area contributed by atoms with Gasteiger partial charge in [-0.1, -0.05) is 15.9 Å². The van der Waals surface area contributed by atoms with Gasteiger partial charge in [0.25, 0.3) is 5.91 Å². The number of quaternary nitrogens is 1. The van der Waals surface area contributed by atoms with E-state index in [-0.39, 0.29) is 18.4 Å². The molecule has 1 saturated heterocycles. The second-order valence-electron chi connectivity index (χ2n) is 5.75. The fourth-order valence-electron chi connectivity index (χ4n) is 2.82. The molecule has 1 aliphatic heterocycles. The fourth-order valence-corrected chi connectivity index (χ4v) is 3.08. The lowest BCUT2D eigenvalue weighted by Crippen LogP contribution is -3.14. The van der Waals surface area contributed by atoms with Crippen LogP contribution >= 0.6 is 15.9 Å². The van der Waals surface area contributed by atoms with E-state index in [4.69, 9.17) is 4.74 Å². The summed E-state index contributed by atoms with van der Waals surface area (Å²) in [5.74, 6) is -0.408. The van der Waals surface area contributed by atoms with E-state index >= 15 is 0 Å². The van der Waals surface area contributed by atoms with E-state index in [1.54, 1.807) is 6.92 Å². The van der Waals surface area contributed by atoms with Crippen molar-refractivity contribution in [3.63, 3.8) is 0 Å². The van der Waals surface area contributed by atoms with Gasteiger partial charge >= 0.3 is 5.97 Å². The molecule has 1 aromatic carbocycles. The molecule has 23 heavy (non-hydrogen) atoms. The van der Waals surface area contributed by atoms with E-state index in [1.807, 2.05) is 24.3 Å². The van der Waals surface area contributed by atoms with Gasteiger partial charge in [-0.2, -0.15) is 0 Å². The SMILES string of the molecule is CCOC(=O)CN(C(=O)C[NH+]1CCCCC1)c1ccc(Br)cc1. The van der Waals surface area contributed by atoms with Crippen LogP contribution in [0.15, 0.2) is 28.7 Å². The Morgan fingerprint density at radius 2 is 1.83 bits per heavy atom. The van der Waals surface area contributed by atoms with Crippen molar-refractivity contribution in [2.24, 2.45) is 0 Å². The minimum Gasteiger partial charge on any atom is -0.465 e. The molecule has 0 bridgehead atoms. The summed E-state index contributed by atoms with van der Waals surface area (Å²) in [4.78, 5) is 27.4. The number of amides is 1. The predicted molar refractivity (Wildman–Crippen MR) is 92.5 cm³/mol. The van der Waals surface area contributed by atoms with Gasteiger partial charge in [0.2, 0.25) is 0 Å². The van der Waals surface area contributed by atoms with Crippen molar-refractivity contribution in [3.8, 4) is 0 Å². The van der Waals surface area contributed by atoms with Crippen LogP contribution in [-0.4, -0.2) is 44.7 Å². The smallest absolute Gasteiger partial charge is 0.326 e. The topological polar surface area (TPSA) is 51.0 Å². The molecule has 0 atom stereocenters. The first-order chi connectivity index (χ1) is 11.1. The summed E-state index contributed by atoms with van der Waals surface area (Å²) in [6.45, 7) is 4.52. The van der Waals surface area contributed by atoms with Crippen LogP contribution in [0.2, 0.25) is 0 Å². The van der Waals surface area contributed by atoms with E-state index < -0.39 is 0 Å². The van der Waals surface area contributed by atoms with E-state index in [0.717, 1.165) is 23.2 Å². The quantitative estimate of drug-likeness (QED) is 0.755. The monoisotopic (exact) mass is 383 g/mol. The summed E-state index contributed by atoms with van der Waals surface area (Å²) >= 11 is 3.39. The first kappa shape index (κ1) is 17.9. The number of halogens is 1. The number of nitrogens with zero attached hydrogens (tertiary/aromatic N) is 1. The highest BCUT2D eigenvalue weighted by molar-refractivity contribution is 9.10. The number of anilines is 1. The summed E-state index contributed by atoms with van der Waals surface area (Å²) < 4.78 is 5.95. The van der Waals surface area contributed by atoms with Gasteiger partial charge in [0.15, 0.2) is 6.54 Å². The number of benzene rings is 1. The van der Waals surface area contributed by atoms with Gasteiger partial charge in [-0.25, -0.2) is 0 Å². The van der Waals surface area contributed by atoms with Gasteiger partial charge in [0.05, 0.1) is 19.7 Å². The number of carbonyl (C=O) groups is 2. The minimum atomic E-state index is -0.377.